The third-order valence-electron chi connectivity index (χ3n) is 7.67. The van der Waals surface area contributed by atoms with Crippen LogP contribution in [0.5, 0.6) is 11.5 Å². The van der Waals surface area contributed by atoms with Gasteiger partial charge < -0.3 is 19.5 Å². The average molecular weight is 388 g/mol. The van der Waals surface area contributed by atoms with Crippen molar-refractivity contribution in [2.24, 2.45) is 22.7 Å². The Morgan fingerprint density at radius 3 is 2.79 bits per heavy atom. The number of amides is 1. The van der Waals surface area contributed by atoms with E-state index in [2.05, 4.69) is 31.3 Å². The molecule has 1 aliphatic heterocycles. The van der Waals surface area contributed by atoms with Gasteiger partial charge >= 0.3 is 0 Å². The van der Waals surface area contributed by atoms with Gasteiger partial charge in [-0.15, -0.1) is 0 Å². The zero-order valence-electron chi connectivity index (χ0n) is 17.7. The van der Waals surface area contributed by atoms with Crippen molar-refractivity contribution in [3.05, 3.63) is 23.8 Å². The SMILES string of the molecule is CCOc1ccc([C@H]2OCC[C@@]34C[C@@H](C[C@H]23)C(C)(C)[C@@H]4NC(C)=O)cc1OC. The van der Waals surface area contributed by atoms with Crippen molar-refractivity contribution in [3.8, 4) is 11.5 Å². The number of nitrogens with one attached hydrogen (secondary N) is 1. The molecule has 4 rings (SSSR count). The summed E-state index contributed by atoms with van der Waals surface area (Å²) in [5.74, 6) is 2.63. The van der Waals surface area contributed by atoms with E-state index in [1.165, 1.54) is 6.42 Å². The molecule has 3 fully saturated rings. The number of rotatable bonds is 5. The average Bonchev–Trinajstić information content (AvgIpc) is 3.15. The highest BCUT2D eigenvalue weighted by Gasteiger charge is 2.68. The van der Waals surface area contributed by atoms with Crippen LogP contribution < -0.4 is 14.8 Å². The number of fused-ring (bicyclic) bond motifs is 1. The molecule has 2 bridgehead atoms. The lowest BCUT2D eigenvalue weighted by molar-refractivity contribution is -0.136. The summed E-state index contributed by atoms with van der Waals surface area (Å²) in [6.07, 6.45) is 3.40. The summed E-state index contributed by atoms with van der Waals surface area (Å²) in [6.45, 7) is 9.61. The number of methoxy groups -OCH3 is 1. The smallest absolute Gasteiger partial charge is 0.217 e. The molecule has 5 heteroatoms. The zero-order chi connectivity index (χ0) is 20.1. The second-order valence-electron chi connectivity index (χ2n) is 9.32. The van der Waals surface area contributed by atoms with E-state index in [9.17, 15) is 4.79 Å². The van der Waals surface area contributed by atoms with E-state index in [-0.39, 0.29) is 28.9 Å². The van der Waals surface area contributed by atoms with Crippen LogP contribution in [0.4, 0.5) is 0 Å². The van der Waals surface area contributed by atoms with E-state index in [1.54, 1.807) is 14.0 Å². The molecular weight excluding hydrogens is 354 g/mol. The third-order valence-corrected chi connectivity index (χ3v) is 7.67. The lowest BCUT2D eigenvalue weighted by atomic mass is 9.59. The van der Waals surface area contributed by atoms with Crippen molar-refractivity contribution >= 4 is 5.91 Å². The standard InChI is InChI=1S/C23H33NO4/c1-6-27-18-8-7-15(11-19(18)26-5)20-17-12-16-13-23(17,9-10-28-20)21(22(16,3)4)24-14(2)25/h7-8,11,16-17,20-21H,6,9-10,12-13H2,1-5H3,(H,24,25)/t16-,17-,20-,21+,23-/m1/s1. The molecule has 2 saturated carbocycles. The van der Waals surface area contributed by atoms with E-state index in [0.29, 0.717) is 18.4 Å². The lowest BCUT2D eigenvalue weighted by Crippen LogP contribution is -2.58. The van der Waals surface area contributed by atoms with E-state index in [1.807, 2.05) is 13.0 Å². The fourth-order valence-electron chi connectivity index (χ4n) is 6.46. The number of carbonyl (C=O) groups excluding carboxylic acids is 1. The normalized spacial score (nSPS) is 35.3. The van der Waals surface area contributed by atoms with Crippen LogP contribution in [0.15, 0.2) is 18.2 Å². The molecule has 154 valence electrons. The van der Waals surface area contributed by atoms with Crippen LogP contribution in [-0.2, 0) is 9.53 Å². The van der Waals surface area contributed by atoms with Crippen molar-refractivity contribution in [2.75, 3.05) is 20.3 Å². The molecule has 1 aromatic rings. The first-order valence-corrected chi connectivity index (χ1v) is 10.5. The summed E-state index contributed by atoms with van der Waals surface area (Å²) >= 11 is 0. The molecule has 1 heterocycles. The monoisotopic (exact) mass is 387 g/mol. The first kappa shape index (κ1) is 19.6. The maximum atomic E-state index is 12.0. The fraction of sp³-hybridized carbons (Fsp3) is 0.696. The van der Waals surface area contributed by atoms with Gasteiger partial charge in [-0.25, -0.2) is 0 Å². The van der Waals surface area contributed by atoms with Gasteiger partial charge in [0.15, 0.2) is 11.5 Å². The molecule has 1 aromatic carbocycles. The summed E-state index contributed by atoms with van der Waals surface area (Å²) in [5.41, 5.74) is 1.39. The Bertz CT molecular complexity index is 761. The molecule has 0 radical (unpaired) electrons. The highest BCUT2D eigenvalue weighted by molar-refractivity contribution is 5.73. The zero-order valence-corrected chi connectivity index (χ0v) is 17.7. The molecule has 5 atom stereocenters. The van der Waals surface area contributed by atoms with Crippen LogP contribution in [0.1, 0.15) is 58.6 Å². The van der Waals surface area contributed by atoms with Crippen LogP contribution in [0.25, 0.3) is 0 Å². The number of benzene rings is 1. The molecule has 3 aliphatic rings. The molecule has 0 unspecified atom stereocenters. The number of carbonyl (C=O) groups is 1. The summed E-state index contributed by atoms with van der Waals surface area (Å²) in [6, 6.07) is 6.38. The van der Waals surface area contributed by atoms with E-state index in [4.69, 9.17) is 14.2 Å². The molecular formula is C23H33NO4. The summed E-state index contributed by atoms with van der Waals surface area (Å²) in [7, 11) is 1.68. The molecule has 2 aliphatic carbocycles. The van der Waals surface area contributed by atoms with Gasteiger partial charge in [0.1, 0.15) is 0 Å². The Kier molecular flexibility index (Phi) is 4.85. The van der Waals surface area contributed by atoms with Gasteiger partial charge in [-0.3, -0.25) is 4.79 Å². The molecule has 28 heavy (non-hydrogen) atoms. The largest absolute Gasteiger partial charge is 0.493 e. The predicted octanol–water partition coefficient (Wildman–Crippen LogP) is 4.11. The van der Waals surface area contributed by atoms with Gasteiger partial charge in [-0.05, 0) is 66.5 Å². The van der Waals surface area contributed by atoms with Gasteiger partial charge in [0.25, 0.3) is 0 Å². The van der Waals surface area contributed by atoms with Gasteiger partial charge in [-0.2, -0.15) is 0 Å². The van der Waals surface area contributed by atoms with E-state index in [0.717, 1.165) is 36.5 Å². The summed E-state index contributed by atoms with van der Waals surface area (Å²) < 4.78 is 17.6. The highest BCUT2D eigenvalue weighted by atomic mass is 16.5. The summed E-state index contributed by atoms with van der Waals surface area (Å²) in [5, 5.41) is 3.33. The second kappa shape index (κ2) is 6.94. The van der Waals surface area contributed by atoms with Crippen LogP contribution in [-0.4, -0.2) is 32.3 Å². The van der Waals surface area contributed by atoms with Crippen molar-refractivity contribution in [1.29, 1.82) is 0 Å². The topological polar surface area (TPSA) is 56.8 Å². The minimum absolute atomic E-state index is 0.0377. The maximum absolute atomic E-state index is 12.0. The van der Waals surface area contributed by atoms with Crippen LogP contribution in [0, 0.1) is 22.7 Å². The van der Waals surface area contributed by atoms with Crippen molar-refractivity contribution in [1.82, 2.24) is 5.32 Å². The number of hydrogen-bond acceptors (Lipinski definition) is 4. The Hall–Kier alpha value is -1.75. The Morgan fingerprint density at radius 1 is 1.32 bits per heavy atom. The van der Waals surface area contributed by atoms with Gasteiger partial charge in [-0.1, -0.05) is 19.9 Å². The highest BCUT2D eigenvalue weighted by Crippen LogP contribution is 2.70. The van der Waals surface area contributed by atoms with Crippen LogP contribution >= 0.6 is 0 Å². The van der Waals surface area contributed by atoms with Crippen LogP contribution in [0.2, 0.25) is 0 Å². The predicted molar refractivity (Wildman–Crippen MR) is 108 cm³/mol. The minimum atomic E-state index is 0.0377. The number of ether oxygens (including phenoxy) is 3. The Balaban J connectivity index is 1.68. The Morgan fingerprint density at radius 2 is 2.11 bits per heavy atom. The molecule has 1 saturated heterocycles. The third kappa shape index (κ3) is 2.81. The Labute approximate surface area is 168 Å². The maximum Gasteiger partial charge on any atom is 0.217 e. The molecule has 0 aromatic heterocycles. The quantitative estimate of drug-likeness (QED) is 0.826. The van der Waals surface area contributed by atoms with Crippen molar-refractivity contribution < 1.29 is 19.0 Å². The second-order valence-corrected chi connectivity index (χ2v) is 9.32. The van der Waals surface area contributed by atoms with Gasteiger partial charge in [0.2, 0.25) is 5.91 Å². The molecule has 1 amide bonds. The van der Waals surface area contributed by atoms with Gasteiger partial charge in [0, 0.05) is 19.6 Å². The van der Waals surface area contributed by atoms with E-state index >= 15 is 0 Å². The van der Waals surface area contributed by atoms with Crippen molar-refractivity contribution in [2.45, 2.75) is 59.1 Å². The molecule has 1 N–H and O–H groups in total. The van der Waals surface area contributed by atoms with Crippen LogP contribution in [0.3, 0.4) is 0 Å². The molecule has 1 spiro atoms. The van der Waals surface area contributed by atoms with E-state index < -0.39 is 0 Å². The molecule has 5 nitrogen and oxygen atoms in total. The van der Waals surface area contributed by atoms with Gasteiger partial charge in [0.05, 0.1) is 19.8 Å². The fourth-order valence-corrected chi connectivity index (χ4v) is 6.46. The lowest BCUT2D eigenvalue weighted by Gasteiger charge is -2.53. The summed E-state index contributed by atoms with van der Waals surface area (Å²) in [4.78, 5) is 12.0. The number of hydrogen-bond donors (Lipinski definition) is 1. The van der Waals surface area contributed by atoms with Crippen molar-refractivity contribution in [3.63, 3.8) is 0 Å². The minimum Gasteiger partial charge on any atom is -0.493 e. The first-order chi connectivity index (χ1) is 13.3. The first-order valence-electron chi connectivity index (χ1n) is 10.5.